The molecule has 0 radical (unpaired) electrons. The number of aryl methyl sites for hydroxylation is 3. The predicted octanol–water partition coefficient (Wildman–Crippen LogP) is 1.31. The molecule has 7 heteroatoms. The van der Waals surface area contributed by atoms with Gasteiger partial charge in [0, 0.05) is 25.9 Å². The Morgan fingerprint density at radius 3 is 2.38 bits per heavy atom. The molecule has 0 aliphatic rings. The third-order valence-corrected chi connectivity index (χ3v) is 4.45. The van der Waals surface area contributed by atoms with Gasteiger partial charge in [-0.2, -0.15) is 0 Å². The molecule has 6 nitrogen and oxygen atoms in total. The first-order chi connectivity index (χ1) is 9.79. The van der Waals surface area contributed by atoms with Gasteiger partial charge in [0.25, 0.3) is 0 Å². The number of nitrogens with zero attached hydrogens (tertiary/aromatic N) is 2. The Balaban J connectivity index is 2.10. The number of imidazole rings is 1. The standard InChI is InChI=1S/C14H19N3O3S/c1-10-8-12(9-11(2)14(10)21(15,18)19)20-7-4-13-16-5-6-17(13)3/h5-6,8-9H,4,7H2,1-3H3,(H2,15,18,19). The molecule has 0 aliphatic heterocycles. The van der Waals surface area contributed by atoms with E-state index in [0.717, 1.165) is 5.82 Å². The van der Waals surface area contributed by atoms with Crippen LogP contribution in [0.5, 0.6) is 5.75 Å². The zero-order chi connectivity index (χ0) is 15.6. The maximum absolute atomic E-state index is 11.5. The number of rotatable bonds is 5. The third-order valence-electron chi connectivity index (χ3n) is 3.23. The number of aromatic nitrogens is 2. The van der Waals surface area contributed by atoms with Crippen molar-refractivity contribution in [2.75, 3.05) is 6.61 Å². The molecule has 114 valence electrons. The molecule has 0 amide bonds. The first kappa shape index (κ1) is 15.5. The molecule has 2 N–H and O–H groups in total. The Morgan fingerprint density at radius 2 is 1.90 bits per heavy atom. The SMILES string of the molecule is Cc1cc(OCCc2nccn2C)cc(C)c1S(N)(=O)=O. The van der Waals surface area contributed by atoms with Crippen molar-refractivity contribution in [1.29, 1.82) is 0 Å². The van der Waals surface area contributed by atoms with Gasteiger partial charge in [-0.25, -0.2) is 18.5 Å². The fourth-order valence-electron chi connectivity index (χ4n) is 2.34. The highest BCUT2D eigenvalue weighted by Crippen LogP contribution is 2.24. The fourth-order valence-corrected chi connectivity index (χ4v) is 3.36. The monoisotopic (exact) mass is 309 g/mol. The van der Waals surface area contributed by atoms with E-state index < -0.39 is 10.0 Å². The molecular weight excluding hydrogens is 290 g/mol. The maximum Gasteiger partial charge on any atom is 0.238 e. The molecule has 1 aromatic carbocycles. The Hall–Kier alpha value is -1.86. The number of sulfonamides is 1. The lowest BCUT2D eigenvalue weighted by atomic mass is 10.1. The summed E-state index contributed by atoms with van der Waals surface area (Å²) >= 11 is 0. The molecule has 1 aromatic heterocycles. The van der Waals surface area contributed by atoms with E-state index in [-0.39, 0.29) is 4.90 Å². The van der Waals surface area contributed by atoms with Crippen LogP contribution in [0, 0.1) is 13.8 Å². The van der Waals surface area contributed by atoms with Crippen molar-refractivity contribution in [2.45, 2.75) is 25.2 Å². The Morgan fingerprint density at radius 1 is 1.29 bits per heavy atom. The van der Waals surface area contributed by atoms with E-state index in [4.69, 9.17) is 9.88 Å². The second-order valence-electron chi connectivity index (χ2n) is 4.98. The molecule has 2 rings (SSSR count). The molecule has 0 atom stereocenters. The van der Waals surface area contributed by atoms with Gasteiger partial charge in [0.15, 0.2) is 0 Å². The first-order valence-corrected chi connectivity index (χ1v) is 8.06. The summed E-state index contributed by atoms with van der Waals surface area (Å²) < 4.78 is 30.6. The summed E-state index contributed by atoms with van der Waals surface area (Å²) in [6.07, 6.45) is 4.30. The summed E-state index contributed by atoms with van der Waals surface area (Å²) in [5, 5.41) is 5.21. The summed E-state index contributed by atoms with van der Waals surface area (Å²) in [7, 11) is -1.78. The van der Waals surface area contributed by atoms with Crippen molar-refractivity contribution in [1.82, 2.24) is 9.55 Å². The zero-order valence-corrected chi connectivity index (χ0v) is 13.1. The number of hydrogen-bond donors (Lipinski definition) is 1. The van der Waals surface area contributed by atoms with E-state index in [1.165, 1.54) is 0 Å². The van der Waals surface area contributed by atoms with Crippen molar-refractivity contribution in [3.8, 4) is 5.75 Å². The highest BCUT2D eigenvalue weighted by molar-refractivity contribution is 7.89. The molecule has 0 fully saturated rings. The Labute approximate surface area is 124 Å². The lowest BCUT2D eigenvalue weighted by molar-refractivity contribution is 0.317. The number of hydrogen-bond acceptors (Lipinski definition) is 4. The van der Waals surface area contributed by atoms with Gasteiger partial charge in [-0.05, 0) is 37.1 Å². The van der Waals surface area contributed by atoms with Gasteiger partial charge in [0.1, 0.15) is 11.6 Å². The van der Waals surface area contributed by atoms with Gasteiger partial charge >= 0.3 is 0 Å². The molecular formula is C14H19N3O3S. The van der Waals surface area contributed by atoms with Gasteiger partial charge < -0.3 is 9.30 Å². The normalized spacial score (nSPS) is 11.6. The molecule has 0 bridgehead atoms. The lowest BCUT2D eigenvalue weighted by Gasteiger charge is -2.12. The fraction of sp³-hybridized carbons (Fsp3) is 0.357. The highest BCUT2D eigenvalue weighted by Gasteiger charge is 2.16. The number of nitrogens with two attached hydrogens (primary N) is 1. The van der Waals surface area contributed by atoms with E-state index >= 15 is 0 Å². The van der Waals surface area contributed by atoms with E-state index in [1.807, 2.05) is 17.8 Å². The number of ether oxygens (including phenoxy) is 1. The summed E-state index contributed by atoms with van der Waals surface area (Å²) in [6.45, 7) is 3.88. The molecule has 0 saturated heterocycles. The molecule has 1 heterocycles. The van der Waals surface area contributed by atoms with Crippen LogP contribution < -0.4 is 9.88 Å². The summed E-state index contributed by atoms with van der Waals surface area (Å²) in [5.41, 5.74) is 1.17. The summed E-state index contributed by atoms with van der Waals surface area (Å²) in [4.78, 5) is 4.38. The van der Waals surface area contributed by atoms with Gasteiger partial charge in [-0.1, -0.05) is 0 Å². The average Bonchev–Trinajstić information content (AvgIpc) is 2.72. The van der Waals surface area contributed by atoms with Crippen LogP contribution in [0.25, 0.3) is 0 Å². The molecule has 0 spiro atoms. The maximum atomic E-state index is 11.5. The Kier molecular flexibility index (Phi) is 4.34. The second kappa shape index (κ2) is 5.87. The number of primary sulfonamides is 1. The minimum absolute atomic E-state index is 0.166. The third kappa shape index (κ3) is 3.62. The van der Waals surface area contributed by atoms with Crippen molar-refractivity contribution in [2.24, 2.45) is 12.2 Å². The largest absolute Gasteiger partial charge is 0.493 e. The van der Waals surface area contributed by atoms with Crippen molar-refractivity contribution < 1.29 is 13.2 Å². The molecule has 0 unspecified atom stereocenters. The van der Waals surface area contributed by atoms with E-state index in [1.54, 1.807) is 32.2 Å². The van der Waals surface area contributed by atoms with Crippen LogP contribution in [0.2, 0.25) is 0 Å². The minimum atomic E-state index is -3.71. The molecule has 0 aliphatic carbocycles. The zero-order valence-electron chi connectivity index (χ0n) is 12.3. The predicted molar refractivity (Wildman–Crippen MR) is 79.7 cm³/mol. The summed E-state index contributed by atoms with van der Waals surface area (Å²) in [5.74, 6) is 1.57. The first-order valence-electron chi connectivity index (χ1n) is 6.52. The minimum Gasteiger partial charge on any atom is -0.493 e. The van der Waals surface area contributed by atoms with E-state index in [9.17, 15) is 8.42 Å². The van der Waals surface area contributed by atoms with Crippen LogP contribution in [-0.2, 0) is 23.5 Å². The summed E-state index contributed by atoms with van der Waals surface area (Å²) in [6, 6.07) is 3.37. The number of benzene rings is 1. The van der Waals surface area contributed by atoms with Gasteiger partial charge in [0.2, 0.25) is 10.0 Å². The van der Waals surface area contributed by atoms with Crippen molar-refractivity contribution >= 4 is 10.0 Å². The lowest BCUT2D eigenvalue weighted by Crippen LogP contribution is -2.15. The van der Waals surface area contributed by atoms with Crippen LogP contribution in [0.15, 0.2) is 29.4 Å². The van der Waals surface area contributed by atoms with Crippen LogP contribution in [0.3, 0.4) is 0 Å². The topological polar surface area (TPSA) is 87.2 Å². The molecule has 21 heavy (non-hydrogen) atoms. The smallest absolute Gasteiger partial charge is 0.238 e. The Bertz CT molecular complexity index is 728. The van der Waals surface area contributed by atoms with Crippen molar-refractivity contribution in [3.63, 3.8) is 0 Å². The quantitative estimate of drug-likeness (QED) is 0.902. The van der Waals surface area contributed by atoms with Gasteiger partial charge in [-0.3, -0.25) is 0 Å². The second-order valence-corrected chi connectivity index (χ2v) is 6.48. The van der Waals surface area contributed by atoms with Crippen LogP contribution >= 0.6 is 0 Å². The molecule has 0 saturated carbocycles. The molecule has 2 aromatic rings. The van der Waals surface area contributed by atoms with Gasteiger partial charge in [-0.15, -0.1) is 0 Å². The highest BCUT2D eigenvalue weighted by atomic mass is 32.2. The van der Waals surface area contributed by atoms with Crippen LogP contribution in [0.4, 0.5) is 0 Å². The van der Waals surface area contributed by atoms with E-state index in [0.29, 0.717) is 29.9 Å². The van der Waals surface area contributed by atoms with Gasteiger partial charge in [0.05, 0.1) is 11.5 Å². The van der Waals surface area contributed by atoms with Crippen LogP contribution in [0.1, 0.15) is 17.0 Å². The average molecular weight is 309 g/mol. The van der Waals surface area contributed by atoms with Crippen LogP contribution in [-0.4, -0.2) is 24.6 Å². The van der Waals surface area contributed by atoms with E-state index in [2.05, 4.69) is 4.98 Å². The van der Waals surface area contributed by atoms with Crippen molar-refractivity contribution in [3.05, 3.63) is 41.5 Å².